The molecule has 0 unspecified atom stereocenters. The van der Waals surface area contributed by atoms with Crippen molar-refractivity contribution < 1.29 is 13.2 Å². The maximum absolute atomic E-state index is 12.8. The lowest BCUT2D eigenvalue weighted by atomic mass is 10.2. The summed E-state index contributed by atoms with van der Waals surface area (Å²) < 4.78 is 38.4. The third kappa shape index (κ3) is 2.54. The van der Waals surface area contributed by atoms with Crippen LogP contribution in [0.1, 0.15) is 5.56 Å². The predicted octanol–water partition coefficient (Wildman–Crippen LogP) is 4.87. The van der Waals surface area contributed by atoms with Crippen molar-refractivity contribution in [1.29, 1.82) is 0 Å². The summed E-state index contributed by atoms with van der Waals surface area (Å²) in [6.07, 6.45) is -2.70. The molecule has 2 aromatic heterocycles. The van der Waals surface area contributed by atoms with Gasteiger partial charge in [-0.15, -0.1) is 0 Å². The lowest BCUT2D eigenvalue weighted by Crippen LogP contribution is -2.04. The number of nitrogens with one attached hydrogen (secondary N) is 2. The minimum Gasteiger partial charge on any atom is -0.324 e. The van der Waals surface area contributed by atoms with Crippen LogP contribution in [0, 0.1) is 0 Å². The van der Waals surface area contributed by atoms with Gasteiger partial charge in [0.25, 0.3) is 0 Å². The summed E-state index contributed by atoms with van der Waals surface area (Å²) >= 11 is 0. The molecule has 0 radical (unpaired) electrons. The van der Waals surface area contributed by atoms with Crippen molar-refractivity contribution in [3.05, 3.63) is 60.3 Å². The zero-order valence-corrected chi connectivity index (χ0v) is 12.2. The third-order valence-electron chi connectivity index (χ3n) is 3.69. The number of benzene rings is 2. The van der Waals surface area contributed by atoms with Crippen LogP contribution in [0.2, 0.25) is 0 Å². The molecule has 0 aliphatic rings. The summed E-state index contributed by atoms with van der Waals surface area (Å²) in [5.74, 6) is 0.363. The SMILES string of the molecule is FC(F)(F)c1ccc2nc(Nc3cccc4cccnc34)[nH]c2c1. The Morgan fingerprint density at radius 1 is 1.00 bits per heavy atom. The highest BCUT2D eigenvalue weighted by atomic mass is 19.4. The third-order valence-corrected chi connectivity index (χ3v) is 3.69. The summed E-state index contributed by atoms with van der Waals surface area (Å²) in [5.41, 5.74) is 1.55. The fraction of sp³-hybridized carbons (Fsp3) is 0.0588. The largest absolute Gasteiger partial charge is 0.416 e. The smallest absolute Gasteiger partial charge is 0.324 e. The van der Waals surface area contributed by atoms with Gasteiger partial charge < -0.3 is 10.3 Å². The fourth-order valence-corrected chi connectivity index (χ4v) is 2.58. The van der Waals surface area contributed by atoms with Gasteiger partial charge in [0.2, 0.25) is 5.95 Å². The predicted molar refractivity (Wildman–Crippen MR) is 86.1 cm³/mol. The Labute approximate surface area is 134 Å². The summed E-state index contributed by atoms with van der Waals surface area (Å²) in [7, 11) is 0. The number of anilines is 2. The summed E-state index contributed by atoms with van der Waals surface area (Å²) in [4.78, 5) is 11.5. The molecule has 0 bridgehead atoms. The lowest BCUT2D eigenvalue weighted by molar-refractivity contribution is -0.137. The van der Waals surface area contributed by atoms with Crippen LogP contribution in [0.4, 0.5) is 24.8 Å². The number of pyridine rings is 1. The summed E-state index contributed by atoms with van der Waals surface area (Å²) in [6, 6.07) is 12.8. The van der Waals surface area contributed by atoms with Crippen LogP contribution >= 0.6 is 0 Å². The zero-order valence-electron chi connectivity index (χ0n) is 12.2. The van der Waals surface area contributed by atoms with Gasteiger partial charge in [0, 0.05) is 11.6 Å². The van der Waals surface area contributed by atoms with E-state index in [1.165, 1.54) is 6.07 Å². The van der Waals surface area contributed by atoms with Crippen LogP contribution in [0.3, 0.4) is 0 Å². The number of fused-ring (bicyclic) bond motifs is 2. The first-order valence-corrected chi connectivity index (χ1v) is 7.18. The van der Waals surface area contributed by atoms with Gasteiger partial charge in [-0.2, -0.15) is 13.2 Å². The molecule has 120 valence electrons. The first-order valence-electron chi connectivity index (χ1n) is 7.18. The van der Waals surface area contributed by atoms with E-state index in [1.807, 2.05) is 30.3 Å². The number of imidazole rings is 1. The van der Waals surface area contributed by atoms with Crippen molar-refractivity contribution in [1.82, 2.24) is 15.0 Å². The number of H-pyrrole nitrogens is 1. The molecule has 0 amide bonds. The minimum atomic E-state index is -4.38. The normalized spacial score (nSPS) is 12.0. The maximum atomic E-state index is 12.8. The number of alkyl halides is 3. The number of aromatic amines is 1. The van der Waals surface area contributed by atoms with Crippen LogP contribution in [0.5, 0.6) is 0 Å². The molecule has 0 aliphatic heterocycles. The minimum absolute atomic E-state index is 0.320. The molecular formula is C17H11F3N4. The van der Waals surface area contributed by atoms with Gasteiger partial charge >= 0.3 is 6.18 Å². The van der Waals surface area contributed by atoms with E-state index in [1.54, 1.807) is 6.20 Å². The highest BCUT2D eigenvalue weighted by Gasteiger charge is 2.30. The Kier molecular flexibility index (Phi) is 3.16. The molecule has 7 heteroatoms. The van der Waals surface area contributed by atoms with Crippen molar-refractivity contribution in [2.45, 2.75) is 6.18 Å². The average molecular weight is 328 g/mol. The second-order valence-electron chi connectivity index (χ2n) is 5.32. The van der Waals surface area contributed by atoms with Gasteiger partial charge in [-0.1, -0.05) is 18.2 Å². The molecule has 0 atom stereocenters. The van der Waals surface area contributed by atoms with Gasteiger partial charge in [0.15, 0.2) is 0 Å². The standard InChI is InChI=1S/C17H11F3N4/c18-17(19,20)11-6-7-12-14(9-11)24-16(22-12)23-13-5-1-3-10-4-2-8-21-15(10)13/h1-9H,(H2,22,23,24). The number of nitrogens with zero attached hydrogens (tertiary/aromatic N) is 2. The molecule has 4 rings (SSSR count). The molecule has 2 heterocycles. The highest BCUT2D eigenvalue weighted by Crippen LogP contribution is 2.31. The van der Waals surface area contributed by atoms with E-state index >= 15 is 0 Å². The van der Waals surface area contributed by atoms with Crippen LogP contribution in [0.15, 0.2) is 54.7 Å². The van der Waals surface area contributed by atoms with Gasteiger partial charge in [-0.05, 0) is 30.3 Å². The van der Waals surface area contributed by atoms with E-state index in [0.717, 1.165) is 28.7 Å². The van der Waals surface area contributed by atoms with Crippen molar-refractivity contribution >= 4 is 33.6 Å². The number of aromatic nitrogens is 3. The van der Waals surface area contributed by atoms with E-state index in [2.05, 4.69) is 20.3 Å². The second-order valence-corrected chi connectivity index (χ2v) is 5.32. The van der Waals surface area contributed by atoms with E-state index in [-0.39, 0.29) is 0 Å². The first-order chi connectivity index (χ1) is 11.5. The molecule has 24 heavy (non-hydrogen) atoms. The zero-order chi connectivity index (χ0) is 16.7. The van der Waals surface area contributed by atoms with Gasteiger partial charge in [0.1, 0.15) is 0 Å². The van der Waals surface area contributed by atoms with Crippen molar-refractivity contribution in [3.63, 3.8) is 0 Å². The Hall–Kier alpha value is -3.09. The molecule has 0 saturated heterocycles. The van der Waals surface area contributed by atoms with Gasteiger partial charge in [0.05, 0.1) is 27.8 Å². The fourth-order valence-electron chi connectivity index (χ4n) is 2.58. The van der Waals surface area contributed by atoms with Crippen LogP contribution in [-0.4, -0.2) is 15.0 Å². The molecule has 2 N–H and O–H groups in total. The van der Waals surface area contributed by atoms with E-state index in [9.17, 15) is 13.2 Å². The summed E-state index contributed by atoms with van der Waals surface area (Å²) in [5, 5.41) is 4.04. The Morgan fingerprint density at radius 2 is 1.83 bits per heavy atom. The van der Waals surface area contributed by atoms with Gasteiger partial charge in [-0.3, -0.25) is 4.98 Å². The van der Waals surface area contributed by atoms with Gasteiger partial charge in [-0.25, -0.2) is 4.98 Å². The second kappa shape index (κ2) is 5.23. The topological polar surface area (TPSA) is 53.6 Å². The molecule has 0 fully saturated rings. The maximum Gasteiger partial charge on any atom is 0.416 e. The molecule has 2 aromatic carbocycles. The van der Waals surface area contributed by atoms with Crippen LogP contribution in [-0.2, 0) is 6.18 Å². The molecule has 4 nitrogen and oxygen atoms in total. The number of hydrogen-bond acceptors (Lipinski definition) is 3. The number of para-hydroxylation sites is 1. The molecule has 0 aliphatic carbocycles. The van der Waals surface area contributed by atoms with Crippen molar-refractivity contribution in [2.24, 2.45) is 0 Å². The average Bonchev–Trinajstić information content (AvgIpc) is 2.96. The first kappa shape index (κ1) is 14.5. The molecule has 0 spiro atoms. The molecule has 4 aromatic rings. The number of halogens is 3. The Bertz CT molecular complexity index is 1030. The number of rotatable bonds is 2. The highest BCUT2D eigenvalue weighted by molar-refractivity contribution is 5.92. The lowest BCUT2D eigenvalue weighted by Gasteiger charge is -2.06. The number of hydrogen-bond donors (Lipinski definition) is 2. The van der Waals surface area contributed by atoms with E-state index in [4.69, 9.17) is 0 Å². The van der Waals surface area contributed by atoms with E-state index < -0.39 is 11.7 Å². The Balaban J connectivity index is 1.74. The van der Waals surface area contributed by atoms with Crippen molar-refractivity contribution in [3.8, 4) is 0 Å². The Morgan fingerprint density at radius 3 is 2.67 bits per heavy atom. The van der Waals surface area contributed by atoms with Crippen LogP contribution < -0.4 is 5.32 Å². The van der Waals surface area contributed by atoms with Crippen LogP contribution in [0.25, 0.3) is 21.9 Å². The quantitative estimate of drug-likeness (QED) is 0.552. The van der Waals surface area contributed by atoms with E-state index in [0.29, 0.717) is 17.0 Å². The summed E-state index contributed by atoms with van der Waals surface area (Å²) in [6.45, 7) is 0. The monoisotopic (exact) mass is 328 g/mol. The van der Waals surface area contributed by atoms with Crippen molar-refractivity contribution in [2.75, 3.05) is 5.32 Å². The molecular weight excluding hydrogens is 317 g/mol. The molecule has 0 saturated carbocycles.